The molecule has 1 aromatic carbocycles. The van der Waals surface area contributed by atoms with Gasteiger partial charge < -0.3 is 5.73 Å². The highest BCUT2D eigenvalue weighted by atomic mass is 79.9. The van der Waals surface area contributed by atoms with Crippen molar-refractivity contribution in [2.75, 3.05) is 0 Å². The fourth-order valence-corrected chi connectivity index (χ4v) is 6.35. The lowest BCUT2D eigenvalue weighted by Crippen LogP contribution is -2.40. The minimum atomic E-state index is -4.25. The molecule has 1 aliphatic carbocycles. The van der Waals surface area contributed by atoms with E-state index in [0.717, 1.165) is 6.07 Å². The average molecular weight is 435 g/mol. The molecule has 24 heavy (non-hydrogen) atoms. The zero-order valence-electron chi connectivity index (χ0n) is 12.6. The molecule has 0 fully saturated rings. The van der Waals surface area contributed by atoms with Crippen molar-refractivity contribution >= 4 is 41.7 Å². The number of allylic oxidation sites excluding steroid dienone is 2. The molecule has 0 spiro atoms. The molecular weight excluding hydrogens is 420 g/mol. The summed E-state index contributed by atoms with van der Waals surface area (Å²) in [6.07, 6.45) is 2.65. The number of halogens is 1. The van der Waals surface area contributed by atoms with Crippen LogP contribution >= 0.6 is 15.9 Å². The molecule has 0 aliphatic heterocycles. The van der Waals surface area contributed by atoms with Gasteiger partial charge in [-0.2, -0.15) is 0 Å². The van der Waals surface area contributed by atoms with Crippen LogP contribution in [-0.2, 0) is 24.7 Å². The number of hydrogen-bond acceptors (Lipinski definition) is 5. The van der Waals surface area contributed by atoms with Gasteiger partial charge in [0.25, 0.3) is 0 Å². The van der Waals surface area contributed by atoms with Crippen LogP contribution in [0.15, 0.2) is 56.3 Å². The lowest BCUT2D eigenvalue weighted by Gasteiger charge is -2.32. The quantitative estimate of drug-likeness (QED) is 0.726. The molecule has 1 aromatic rings. The summed E-state index contributed by atoms with van der Waals surface area (Å²) >= 11 is 3.20. The predicted octanol–water partition coefficient (Wildman–Crippen LogP) is 0.961. The summed E-state index contributed by atoms with van der Waals surface area (Å²) in [5, 5.41) is 5.13. The monoisotopic (exact) mass is 434 g/mol. The molecule has 0 radical (unpaired) electrons. The van der Waals surface area contributed by atoms with Gasteiger partial charge in [-0.05, 0) is 25.1 Å². The van der Waals surface area contributed by atoms with Crippen LogP contribution in [-0.4, -0.2) is 27.5 Å². The van der Waals surface area contributed by atoms with Crippen molar-refractivity contribution in [1.29, 1.82) is 0 Å². The largest absolute Gasteiger partial charge is 0.366 e. The summed E-state index contributed by atoms with van der Waals surface area (Å²) in [5.41, 5.74) is 5.37. The fraction of sp³-hybridized carbons (Fsp3) is 0.214. The van der Waals surface area contributed by atoms with Gasteiger partial charge in [0.15, 0.2) is 9.84 Å². The Kier molecular flexibility index (Phi) is 4.79. The number of hydrogen-bond donors (Lipinski definition) is 2. The Balaban J connectivity index is 2.71. The molecule has 0 saturated carbocycles. The third-order valence-electron chi connectivity index (χ3n) is 3.82. The number of amides is 1. The van der Waals surface area contributed by atoms with Gasteiger partial charge in [-0.1, -0.05) is 34.1 Å². The van der Waals surface area contributed by atoms with Gasteiger partial charge in [0.2, 0.25) is 15.9 Å². The van der Waals surface area contributed by atoms with Crippen LogP contribution in [0.4, 0.5) is 0 Å². The van der Waals surface area contributed by atoms with Gasteiger partial charge in [0.05, 0.1) is 4.90 Å². The number of carbonyl (C=O) groups excluding carboxylic acids is 1. The minimum absolute atomic E-state index is 0.123. The summed E-state index contributed by atoms with van der Waals surface area (Å²) in [5.74, 6) is -0.743. The standard InChI is InChI=1S/C14H15BrN2O5S2/c1-14(8-9(13(16)18)6-7-12(14)15)23(19,20)10-4-2-3-5-11(10)24(17,21)22/h2-7H,8H2,1H3,(H2,16,18)(H2,17,21,22). The number of sulfone groups is 1. The van der Waals surface area contributed by atoms with E-state index < -0.39 is 40.3 Å². The first-order chi connectivity index (χ1) is 10.9. The molecule has 1 amide bonds. The zero-order chi connectivity index (χ0) is 18.3. The van der Waals surface area contributed by atoms with Gasteiger partial charge in [-0.3, -0.25) is 4.79 Å². The first-order valence-corrected chi connectivity index (χ1v) is 10.5. The lowest BCUT2D eigenvalue weighted by atomic mass is 9.94. The minimum Gasteiger partial charge on any atom is -0.366 e. The number of nitrogens with two attached hydrogens (primary N) is 2. The molecule has 0 saturated heterocycles. The molecule has 1 atom stereocenters. The number of benzene rings is 1. The van der Waals surface area contributed by atoms with Gasteiger partial charge in [-0.25, -0.2) is 22.0 Å². The van der Waals surface area contributed by atoms with Crippen molar-refractivity contribution in [2.24, 2.45) is 10.9 Å². The van der Waals surface area contributed by atoms with Gasteiger partial charge in [0.1, 0.15) is 9.64 Å². The first-order valence-electron chi connectivity index (χ1n) is 6.64. The number of sulfonamides is 1. The number of primary sulfonamides is 1. The van der Waals surface area contributed by atoms with Crippen molar-refractivity contribution in [3.8, 4) is 0 Å². The molecule has 10 heteroatoms. The van der Waals surface area contributed by atoms with E-state index in [9.17, 15) is 21.6 Å². The summed E-state index contributed by atoms with van der Waals surface area (Å²) in [7, 11) is -8.46. The Morgan fingerprint density at radius 3 is 2.17 bits per heavy atom. The van der Waals surface area contributed by atoms with E-state index in [1.54, 1.807) is 0 Å². The highest BCUT2D eigenvalue weighted by Gasteiger charge is 2.46. The topological polar surface area (TPSA) is 137 Å². The van der Waals surface area contributed by atoms with E-state index >= 15 is 0 Å². The van der Waals surface area contributed by atoms with Gasteiger partial charge in [-0.15, -0.1) is 0 Å². The van der Waals surface area contributed by atoms with Crippen LogP contribution in [0.1, 0.15) is 13.3 Å². The van der Waals surface area contributed by atoms with Crippen LogP contribution in [0.25, 0.3) is 0 Å². The van der Waals surface area contributed by atoms with E-state index in [-0.39, 0.29) is 16.5 Å². The van der Waals surface area contributed by atoms with E-state index in [4.69, 9.17) is 10.9 Å². The van der Waals surface area contributed by atoms with Crippen LogP contribution in [0, 0.1) is 0 Å². The van der Waals surface area contributed by atoms with Crippen molar-refractivity contribution in [2.45, 2.75) is 27.9 Å². The fourth-order valence-electron chi connectivity index (χ4n) is 2.40. The predicted molar refractivity (Wildman–Crippen MR) is 92.3 cm³/mol. The molecule has 130 valence electrons. The van der Waals surface area contributed by atoms with Crippen LogP contribution < -0.4 is 10.9 Å². The third kappa shape index (κ3) is 3.06. The van der Waals surface area contributed by atoms with E-state index in [1.807, 2.05) is 0 Å². The maximum Gasteiger partial charge on any atom is 0.244 e. The molecular formula is C14H15BrN2O5S2. The first kappa shape index (κ1) is 18.8. The highest BCUT2D eigenvalue weighted by molar-refractivity contribution is 9.12. The van der Waals surface area contributed by atoms with Crippen molar-refractivity contribution in [1.82, 2.24) is 0 Å². The summed E-state index contributed by atoms with van der Waals surface area (Å²) in [6, 6.07) is 5.07. The van der Waals surface area contributed by atoms with E-state index in [2.05, 4.69) is 15.9 Å². The number of primary amides is 1. The molecule has 1 aliphatic rings. The molecule has 1 unspecified atom stereocenters. The zero-order valence-corrected chi connectivity index (χ0v) is 15.8. The van der Waals surface area contributed by atoms with Crippen molar-refractivity contribution < 1.29 is 21.6 Å². The maximum absolute atomic E-state index is 13.2. The molecule has 7 nitrogen and oxygen atoms in total. The second-order valence-electron chi connectivity index (χ2n) is 5.47. The van der Waals surface area contributed by atoms with Crippen LogP contribution in [0.2, 0.25) is 0 Å². The summed E-state index contributed by atoms with van der Waals surface area (Å²) < 4.78 is 48.5. The summed E-state index contributed by atoms with van der Waals surface area (Å²) in [6.45, 7) is 1.39. The Hall–Kier alpha value is -1.49. The van der Waals surface area contributed by atoms with E-state index in [0.29, 0.717) is 0 Å². The smallest absolute Gasteiger partial charge is 0.244 e. The SMILES string of the molecule is CC1(S(=O)(=O)c2ccccc2S(N)(=O)=O)CC(C(N)=O)=CC=C1Br. The molecule has 4 N–H and O–H groups in total. The lowest BCUT2D eigenvalue weighted by molar-refractivity contribution is -0.114. The Morgan fingerprint density at radius 1 is 1.12 bits per heavy atom. The highest BCUT2D eigenvalue weighted by Crippen LogP contribution is 2.43. The third-order valence-corrected chi connectivity index (χ3v) is 8.80. The Bertz CT molecular complexity index is 980. The van der Waals surface area contributed by atoms with Crippen LogP contribution in [0.3, 0.4) is 0 Å². The van der Waals surface area contributed by atoms with Gasteiger partial charge >= 0.3 is 0 Å². The summed E-state index contributed by atoms with van der Waals surface area (Å²) in [4.78, 5) is 10.5. The van der Waals surface area contributed by atoms with Crippen molar-refractivity contribution in [3.63, 3.8) is 0 Å². The Labute approximate surface area is 148 Å². The average Bonchev–Trinajstić information content (AvgIpc) is 2.49. The van der Waals surface area contributed by atoms with E-state index in [1.165, 1.54) is 37.3 Å². The molecule has 0 aromatic heterocycles. The van der Waals surface area contributed by atoms with Gasteiger partial charge in [0, 0.05) is 16.5 Å². The second-order valence-corrected chi connectivity index (χ2v) is 10.2. The molecule has 2 rings (SSSR count). The maximum atomic E-state index is 13.2. The molecule has 0 bridgehead atoms. The number of rotatable bonds is 4. The second kappa shape index (κ2) is 6.10. The molecule has 0 heterocycles. The van der Waals surface area contributed by atoms with Crippen LogP contribution in [0.5, 0.6) is 0 Å². The number of carbonyl (C=O) groups is 1. The Morgan fingerprint density at radius 2 is 1.67 bits per heavy atom. The van der Waals surface area contributed by atoms with Crippen molar-refractivity contribution in [3.05, 3.63) is 46.5 Å². The normalized spacial score (nSPS) is 21.8.